The summed E-state index contributed by atoms with van der Waals surface area (Å²) in [5.74, 6) is -0.985. The SMILES string of the molecule is COC(=O)C(=Cc1cccnc1)COC(C)=O. The van der Waals surface area contributed by atoms with E-state index in [9.17, 15) is 9.59 Å². The molecule has 0 atom stereocenters. The van der Waals surface area contributed by atoms with Crippen LogP contribution in [-0.4, -0.2) is 30.6 Å². The molecule has 90 valence electrons. The van der Waals surface area contributed by atoms with Crippen LogP contribution in [-0.2, 0) is 19.1 Å². The summed E-state index contributed by atoms with van der Waals surface area (Å²) >= 11 is 0. The Kier molecular flexibility index (Phi) is 4.87. The smallest absolute Gasteiger partial charge is 0.337 e. The molecular weight excluding hydrogens is 222 g/mol. The third-order valence-electron chi connectivity index (χ3n) is 1.90. The van der Waals surface area contributed by atoms with Crippen molar-refractivity contribution in [2.45, 2.75) is 6.92 Å². The minimum absolute atomic E-state index is 0.114. The number of esters is 2. The molecule has 1 heterocycles. The van der Waals surface area contributed by atoms with E-state index < -0.39 is 11.9 Å². The summed E-state index contributed by atoms with van der Waals surface area (Å²) in [6.45, 7) is 1.16. The van der Waals surface area contributed by atoms with Gasteiger partial charge in [-0.15, -0.1) is 0 Å². The molecule has 0 unspecified atom stereocenters. The Labute approximate surface area is 99.1 Å². The molecule has 0 bridgehead atoms. The Morgan fingerprint density at radius 3 is 2.76 bits per heavy atom. The molecule has 0 aliphatic heterocycles. The summed E-state index contributed by atoms with van der Waals surface area (Å²) in [5.41, 5.74) is 0.996. The third kappa shape index (κ3) is 4.46. The molecule has 5 heteroatoms. The first-order valence-electron chi connectivity index (χ1n) is 4.95. The Hall–Kier alpha value is -2.17. The van der Waals surface area contributed by atoms with E-state index in [0.717, 1.165) is 5.56 Å². The summed E-state index contributed by atoms with van der Waals surface area (Å²) in [6, 6.07) is 3.52. The van der Waals surface area contributed by atoms with Crippen molar-refractivity contribution in [1.82, 2.24) is 4.98 Å². The first kappa shape index (κ1) is 12.9. The van der Waals surface area contributed by atoms with E-state index in [0.29, 0.717) is 0 Å². The van der Waals surface area contributed by atoms with E-state index in [4.69, 9.17) is 4.74 Å². The second-order valence-corrected chi connectivity index (χ2v) is 3.23. The zero-order chi connectivity index (χ0) is 12.7. The Morgan fingerprint density at radius 2 is 2.24 bits per heavy atom. The van der Waals surface area contributed by atoms with Gasteiger partial charge in [0.05, 0.1) is 12.7 Å². The van der Waals surface area contributed by atoms with Gasteiger partial charge in [-0.05, 0) is 17.7 Å². The fourth-order valence-electron chi connectivity index (χ4n) is 1.13. The number of carbonyl (C=O) groups excluding carboxylic acids is 2. The van der Waals surface area contributed by atoms with Crippen molar-refractivity contribution in [3.05, 3.63) is 35.7 Å². The van der Waals surface area contributed by atoms with Gasteiger partial charge in [-0.1, -0.05) is 6.07 Å². The number of carbonyl (C=O) groups is 2. The van der Waals surface area contributed by atoms with Crippen molar-refractivity contribution < 1.29 is 19.1 Å². The van der Waals surface area contributed by atoms with Gasteiger partial charge in [-0.3, -0.25) is 9.78 Å². The highest BCUT2D eigenvalue weighted by Crippen LogP contribution is 2.07. The average Bonchev–Trinajstić information content (AvgIpc) is 2.34. The lowest BCUT2D eigenvalue weighted by atomic mass is 10.2. The molecule has 0 fully saturated rings. The third-order valence-corrected chi connectivity index (χ3v) is 1.90. The first-order valence-corrected chi connectivity index (χ1v) is 4.95. The van der Waals surface area contributed by atoms with Crippen LogP contribution in [0.3, 0.4) is 0 Å². The van der Waals surface area contributed by atoms with Crippen LogP contribution in [0.1, 0.15) is 12.5 Å². The van der Waals surface area contributed by atoms with Crippen LogP contribution in [0.15, 0.2) is 30.1 Å². The van der Waals surface area contributed by atoms with Crippen molar-refractivity contribution >= 4 is 18.0 Å². The summed E-state index contributed by atoms with van der Waals surface area (Å²) in [5, 5.41) is 0. The lowest BCUT2D eigenvalue weighted by Crippen LogP contribution is -2.12. The first-order chi connectivity index (χ1) is 8.13. The molecule has 0 N–H and O–H groups in total. The highest BCUT2D eigenvalue weighted by Gasteiger charge is 2.11. The van der Waals surface area contributed by atoms with Gasteiger partial charge >= 0.3 is 11.9 Å². The summed E-state index contributed by atoms with van der Waals surface area (Å²) in [4.78, 5) is 26.0. The van der Waals surface area contributed by atoms with Gasteiger partial charge in [-0.25, -0.2) is 4.79 Å². The van der Waals surface area contributed by atoms with Crippen LogP contribution in [0.4, 0.5) is 0 Å². The Balaban J connectivity index is 2.86. The lowest BCUT2D eigenvalue weighted by Gasteiger charge is -2.05. The maximum atomic E-state index is 11.4. The second-order valence-electron chi connectivity index (χ2n) is 3.23. The van der Waals surface area contributed by atoms with Crippen LogP contribution >= 0.6 is 0 Å². The van der Waals surface area contributed by atoms with Crippen LogP contribution in [0.2, 0.25) is 0 Å². The number of ether oxygens (including phenoxy) is 2. The molecule has 0 aromatic carbocycles. The van der Waals surface area contributed by atoms with Crippen LogP contribution in [0.5, 0.6) is 0 Å². The van der Waals surface area contributed by atoms with Crippen molar-refractivity contribution in [2.75, 3.05) is 13.7 Å². The van der Waals surface area contributed by atoms with E-state index in [1.165, 1.54) is 14.0 Å². The van der Waals surface area contributed by atoms with E-state index in [2.05, 4.69) is 9.72 Å². The predicted octanol–water partition coefficient (Wildman–Crippen LogP) is 1.20. The largest absolute Gasteiger partial charge is 0.466 e. The normalized spacial score (nSPS) is 10.8. The maximum absolute atomic E-state index is 11.4. The van der Waals surface area contributed by atoms with E-state index in [-0.39, 0.29) is 12.2 Å². The maximum Gasteiger partial charge on any atom is 0.337 e. The van der Waals surface area contributed by atoms with Crippen LogP contribution < -0.4 is 0 Å². The van der Waals surface area contributed by atoms with Gasteiger partial charge in [0.2, 0.25) is 0 Å². The van der Waals surface area contributed by atoms with Crippen molar-refractivity contribution in [2.24, 2.45) is 0 Å². The molecule has 1 aromatic rings. The van der Waals surface area contributed by atoms with E-state index >= 15 is 0 Å². The number of hydrogen-bond donors (Lipinski definition) is 0. The van der Waals surface area contributed by atoms with Gasteiger partial charge in [0.15, 0.2) is 0 Å². The topological polar surface area (TPSA) is 65.5 Å². The zero-order valence-corrected chi connectivity index (χ0v) is 9.67. The van der Waals surface area contributed by atoms with Crippen molar-refractivity contribution in [3.63, 3.8) is 0 Å². The van der Waals surface area contributed by atoms with Gasteiger partial charge in [0.25, 0.3) is 0 Å². The lowest BCUT2D eigenvalue weighted by molar-refractivity contribution is -0.141. The van der Waals surface area contributed by atoms with Crippen LogP contribution in [0, 0.1) is 0 Å². The number of aromatic nitrogens is 1. The molecule has 0 aliphatic carbocycles. The fourth-order valence-corrected chi connectivity index (χ4v) is 1.13. The number of rotatable bonds is 4. The fraction of sp³-hybridized carbons (Fsp3) is 0.250. The van der Waals surface area contributed by atoms with Crippen LogP contribution in [0.25, 0.3) is 6.08 Å². The monoisotopic (exact) mass is 235 g/mol. The molecule has 0 saturated heterocycles. The minimum atomic E-state index is -0.532. The minimum Gasteiger partial charge on any atom is -0.466 e. The molecule has 0 saturated carbocycles. The van der Waals surface area contributed by atoms with Gasteiger partial charge in [0, 0.05) is 19.3 Å². The molecular formula is C12H13NO4. The van der Waals surface area contributed by atoms with Gasteiger partial charge in [-0.2, -0.15) is 0 Å². The zero-order valence-electron chi connectivity index (χ0n) is 9.67. The molecule has 17 heavy (non-hydrogen) atoms. The molecule has 1 aromatic heterocycles. The predicted molar refractivity (Wildman–Crippen MR) is 60.9 cm³/mol. The Bertz CT molecular complexity index is 425. The number of nitrogens with zero attached hydrogens (tertiary/aromatic N) is 1. The molecule has 5 nitrogen and oxygen atoms in total. The highest BCUT2D eigenvalue weighted by molar-refractivity contribution is 5.94. The average molecular weight is 235 g/mol. The molecule has 0 spiro atoms. The summed E-state index contributed by atoms with van der Waals surface area (Å²) < 4.78 is 9.37. The van der Waals surface area contributed by atoms with Gasteiger partial charge < -0.3 is 9.47 Å². The van der Waals surface area contributed by atoms with E-state index in [1.54, 1.807) is 30.6 Å². The standard InChI is InChI=1S/C12H13NO4/c1-9(14)17-8-11(12(15)16-2)6-10-4-3-5-13-7-10/h3-7H,8H2,1-2H3. The molecule has 0 radical (unpaired) electrons. The number of pyridine rings is 1. The Morgan fingerprint density at radius 1 is 1.47 bits per heavy atom. The van der Waals surface area contributed by atoms with Gasteiger partial charge in [0.1, 0.15) is 6.61 Å². The second kappa shape index (κ2) is 6.42. The quantitative estimate of drug-likeness (QED) is 0.579. The molecule has 0 aliphatic rings. The van der Waals surface area contributed by atoms with E-state index in [1.807, 2.05) is 0 Å². The molecule has 0 amide bonds. The molecule has 1 rings (SSSR count). The summed E-state index contributed by atoms with van der Waals surface area (Å²) in [6.07, 6.45) is 4.79. The van der Waals surface area contributed by atoms with Crippen molar-refractivity contribution in [3.8, 4) is 0 Å². The number of methoxy groups -OCH3 is 1. The summed E-state index contributed by atoms with van der Waals surface area (Å²) in [7, 11) is 1.27. The highest BCUT2D eigenvalue weighted by atomic mass is 16.5. The van der Waals surface area contributed by atoms with Crippen molar-refractivity contribution in [1.29, 1.82) is 0 Å². The number of hydrogen-bond acceptors (Lipinski definition) is 5.